The van der Waals surface area contributed by atoms with E-state index >= 15 is 0 Å². The molecule has 0 saturated carbocycles. The number of hydrogen-bond acceptors (Lipinski definition) is 4. The highest BCUT2D eigenvalue weighted by atomic mass is 16.6. The molecule has 2 aromatic rings. The summed E-state index contributed by atoms with van der Waals surface area (Å²) >= 11 is 0. The molecule has 27 heavy (non-hydrogen) atoms. The van der Waals surface area contributed by atoms with Crippen molar-refractivity contribution in [3.8, 4) is 0 Å². The summed E-state index contributed by atoms with van der Waals surface area (Å²) in [6.07, 6.45) is 2.38. The van der Waals surface area contributed by atoms with E-state index in [1.54, 1.807) is 0 Å². The fourth-order valence-corrected chi connectivity index (χ4v) is 5.01. The molecule has 2 bridgehead atoms. The van der Waals surface area contributed by atoms with Crippen molar-refractivity contribution in [2.45, 2.75) is 55.6 Å². The van der Waals surface area contributed by atoms with Crippen LogP contribution in [0.5, 0.6) is 0 Å². The van der Waals surface area contributed by atoms with E-state index in [4.69, 9.17) is 9.47 Å². The quantitative estimate of drug-likeness (QED) is 0.618. The first-order valence-electron chi connectivity index (χ1n) is 9.78. The Morgan fingerprint density at radius 3 is 1.93 bits per heavy atom. The van der Waals surface area contributed by atoms with E-state index in [0.29, 0.717) is 24.3 Å². The summed E-state index contributed by atoms with van der Waals surface area (Å²) in [6.45, 7) is 1.98. The van der Waals surface area contributed by atoms with E-state index < -0.39 is 5.41 Å². The minimum absolute atomic E-state index is 0.0353. The zero-order valence-corrected chi connectivity index (χ0v) is 15.7. The lowest BCUT2D eigenvalue weighted by atomic mass is 9.76. The van der Waals surface area contributed by atoms with E-state index in [0.717, 1.165) is 24.0 Å². The molecule has 2 aromatic carbocycles. The Hall–Kier alpha value is -2.17. The van der Waals surface area contributed by atoms with E-state index in [-0.39, 0.29) is 12.1 Å². The van der Waals surface area contributed by atoms with Gasteiger partial charge in [-0.25, -0.2) is 0 Å². The Balaban J connectivity index is 1.42. The van der Waals surface area contributed by atoms with Crippen molar-refractivity contribution < 1.29 is 14.3 Å². The van der Waals surface area contributed by atoms with Crippen LogP contribution in [-0.4, -0.2) is 48.3 Å². The molecule has 0 amide bonds. The van der Waals surface area contributed by atoms with Crippen LogP contribution >= 0.6 is 0 Å². The van der Waals surface area contributed by atoms with Crippen molar-refractivity contribution in [3.05, 3.63) is 71.8 Å². The normalized spacial score (nSPS) is 32.0. The summed E-state index contributed by atoms with van der Waals surface area (Å²) < 4.78 is 11.9. The molecule has 4 heteroatoms. The molecule has 3 heterocycles. The predicted molar refractivity (Wildman–Crippen MR) is 102 cm³/mol. The van der Waals surface area contributed by atoms with Crippen molar-refractivity contribution in [2.75, 3.05) is 7.05 Å². The third-order valence-electron chi connectivity index (χ3n) is 6.76. The van der Waals surface area contributed by atoms with Gasteiger partial charge in [0.15, 0.2) is 0 Å². The highest BCUT2D eigenvalue weighted by Crippen LogP contribution is 2.48. The molecule has 0 spiro atoms. The molecule has 5 rings (SSSR count). The van der Waals surface area contributed by atoms with Crippen molar-refractivity contribution >= 4 is 5.97 Å². The van der Waals surface area contributed by atoms with Gasteiger partial charge in [0, 0.05) is 24.9 Å². The zero-order chi connectivity index (χ0) is 18.6. The average Bonchev–Trinajstić information content (AvgIpc) is 3.47. The molecule has 3 fully saturated rings. The number of esters is 1. The number of rotatable bonds is 4. The van der Waals surface area contributed by atoms with Gasteiger partial charge in [-0.05, 0) is 25.1 Å². The molecular weight excluding hydrogens is 338 g/mol. The second kappa shape index (κ2) is 6.18. The Morgan fingerprint density at radius 1 is 0.963 bits per heavy atom. The molecule has 5 atom stereocenters. The lowest BCUT2D eigenvalue weighted by Gasteiger charge is -2.39. The lowest BCUT2D eigenvalue weighted by molar-refractivity contribution is -0.158. The fraction of sp³-hybridized carbons (Fsp3) is 0.435. The summed E-state index contributed by atoms with van der Waals surface area (Å²) in [7, 11) is 2.17. The molecule has 0 N–H and O–H groups in total. The van der Waals surface area contributed by atoms with Crippen LogP contribution in [0.25, 0.3) is 0 Å². The largest absolute Gasteiger partial charge is 0.461 e. The van der Waals surface area contributed by atoms with Gasteiger partial charge in [0.25, 0.3) is 0 Å². The first-order valence-corrected chi connectivity index (χ1v) is 9.78. The highest BCUT2D eigenvalue weighted by molar-refractivity contribution is 5.87. The number of carbonyl (C=O) groups excluding carboxylic acids is 1. The molecule has 0 aliphatic carbocycles. The summed E-state index contributed by atoms with van der Waals surface area (Å²) in [5.74, 6) is -0.163. The summed E-state index contributed by atoms with van der Waals surface area (Å²) in [5, 5.41) is 0. The van der Waals surface area contributed by atoms with Crippen molar-refractivity contribution in [1.29, 1.82) is 0 Å². The lowest BCUT2D eigenvalue weighted by Crippen LogP contribution is -2.49. The number of likely N-dealkylation sites (N-methyl/N-ethyl adjacent to an activating group) is 1. The SMILES string of the molecule is CN1[C@@H]2CC(OC(=O)C(C)(c3ccccc3)c3ccccc3)C[C@H]1[C@@H]1O[C@@H]12. The average molecular weight is 363 g/mol. The van der Waals surface area contributed by atoms with Gasteiger partial charge in [-0.1, -0.05) is 60.7 Å². The number of morpholine rings is 1. The molecule has 3 saturated heterocycles. The summed E-state index contributed by atoms with van der Waals surface area (Å²) in [5.41, 5.74) is 1.11. The van der Waals surface area contributed by atoms with Crippen LogP contribution in [0.15, 0.2) is 60.7 Å². The third kappa shape index (κ3) is 2.62. The topological polar surface area (TPSA) is 42.1 Å². The van der Waals surface area contributed by atoms with Crippen LogP contribution < -0.4 is 0 Å². The van der Waals surface area contributed by atoms with Crippen molar-refractivity contribution in [2.24, 2.45) is 0 Å². The number of hydrogen-bond donors (Lipinski definition) is 0. The van der Waals surface area contributed by atoms with Crippen LogP contribution in [0, 0.1) is 0 Å². The van der Waals surface area contributed by atoms with E-state index in [9.17, 15) is 4.79 Å². The van der Waals surface area contributed by atoms with Gasteiger partial charge in [0.05, 0.1) is 0 Å². The van der Waals surface area contributed by atoms with E-state index in [1.165, 1.54) is 0 Å². The second-order valence-electron chi connectivity index (χ2n) is 8.22. The van der Waals surface area contributed by atoms with Gasteiger partial charge in [-0.2, -0.15) is 0 Å². The van der Waals surface area contributed by atoms with Crippen molar-refractivity contribution in [1.82, 2.24) is 4.90 Å². The number of benzene rings is 2. The number of nitrogens with zero attached hydrogens (tertiary/aromatic N) is 1. The van der Waals surface area contributed by atoms with Gasteiger partial charge in [-0.15, -0.1) is 0 Å². The third-order valence-corrected chi connectivity index (χ3v) is 6.76. The van der Waals surface area contributed by atoms with Crippen LogP contribution in [0.3, 0.4) is 0 Å². The molecule has 3 aliphatic heterocycles. The predicted octanol–water partition coefficient (Wildman–Crippen LogP) is 3.15. The molecule has 0 radical (unpaired) electrons. The first kappa shape index (κ1) is 17.0. The number of epoxide rings is 1. The number of fused-ring (bicyclic) bond motifs is 5. The Labute approximate surface area is 160 Å². The molecule has 1 unspecified atom stereocenters. The number of carbonyl (C=O) groups is 1. The Bertz CT molecular complexity index is 780. The van der Waals surface area contributed by atoms with Crippen molar-refractivity contribution in [3.63, 3.8) is 0 Å². The van der Waals surface area contributed by atoms with Gasteiger partial charge in [0.1, 0.15) is 23.7 Å². The standard InChI is InChI=1S/C23H25NO3/c1-23(15-9-5-3-6-10-15,16-11-7-4-8-12-16)22(25)26-17-13-18-20-21(27-20)19(14-17)24(18)2/h3-12,17-21H,13-14H2,1-2H3/t17?,18-,19+,20-,21+. The van der Waals surface area contributed by atoms with Crippen LogP contribution in [0.1, 0.15) is 30.9 Å². The van der Waals surface area contributed by atoms with E-state index in [2.05, 4.69) is 11.9 Å². The monoisotopic (exact) mass is 363 g/mol. The maximum absolute atomic E-state index is 13.5. The highest BCUT2D eigenvalue weighted by Gasteiger charge is 2.63. The fourth-order valence-electron chi connectivity index (χ4n) is 5.01. The van der Waals surface area contributed by atoms with Gasteiger partial charge in [0.2, 0.25) is 0 Å². The second-order valence-corrected chi connectivity index (χ2v) is 8.22. The maximum atomic E-state index is 13.5. The van der Waals surface area contributed by atoms with E-state index in [1.807, 2.05) is 67.6 Å². The van der Waals surface area contributed by atoms with Crippen LogP contribution in [-0.2, 0) is 19.7 Å². The summed E-state index contributed by atoms with van der Waals surface area (Å²) in [4.78, 5) is 15.9. The van der Waals surface area contributed by atoms with Crippen LogP contribution in [0.4, 0.5) is 0 Å². The molecule has 4 nitrogen and oxygen atoms in total. The maximum Gasteiger partial charge on any atom is 0.321 e. The number of ether oxygens (including phenoxy) is 2. The molecule has 0 aromatic heterocycles. The summed E-state index contributed by atoms with van der Waals surface area (Å²) in [6, 6.07) is 20.7. The number of piperidine rings is 1. The van der Waals surface area contributed by atoms with Gasteiger partial charge >= 0.3 is 5.97 Å². The zero-order valence-electron chi connectivity index (χ0n) is 15.7. The van der Waals surface area contributed by atoms with Gasteiger partial charge in [-0.3, -0.25) is 9.69 Å². The first-order chi connectivity index (χ1) is 13.1. The smallest absolute Gasteiger partial charge is 0.321 e. The Morgan fingerprint density at radius 2 is 1.44 bits per heavy atom. The molecule has 140 valence electrons. The molecule has 3 aliphatic rings. The van der Waals surface area contributed by atoms with Crippen LogP contribution in [0.2, 0.25) is 0 Å². The minimum Gasteiger partial charge on any atom is -0.461 e. The van der Waals surface area contributed by atoms with Gasteiger partial charge < -0.3 is 9.47 Å². The minimum atomic E-state index is -0.815. The molecular formula is C23H25NO3. The Kier molecular flexibility index (Phi) is 3.88.